The first-order chi connectivity index (χ1) is 12.7. The third kappa shape index (κ3) is 3.59. The molecule has 0 bridgehead atoms. The molecular weight excluding hydrogens is 350 g/mol. The largest absolute Gasteiger partial charge is 0.339 e. The minimum absolute atomic E-state index is 0.455. The van der Waals surface area contributed by atoms with Gasteiger partial charge in [0.25, 0.3) is 0 Å². The van der Waals surface area contributed by atoms with Gasteiger partial charge in [-0.25, -0.2) is 10.4 Å². The Morgan fingerprint density at radius 2 is 2.23 bits per heavy atom. The molecule has 0 radical (unpaired) electrons. The van der Waals surface area contributed by atoms with Gasteiger partial charge in [0.05, 0.1) is 17.9 Å². The molecule has 7 nitrogen and oxygen atoms in total. The van der Waals surface area contributed by atoms with E-state index in [0.717, 1.165) is 36.0 Å². The molecule has 0 saturated carbocycles. The van der Waals surface area contributed by atoms with Crippen molar-refractivity contribution in [3.8, 4) is 0 Å². The van der Waals surface area contributed by atoms with Crippen LogP contribution in [0.2, 0.25) is 5.02 Å². The van der Waals surface area contributed by atoms with E-state index in [9.17, 15) is 0 Å². The molecule has 1 aliphatic rings. The zero-order valence-corrected chi connectivity index (χ0v) is 15.4. The summed E-state index contributed by atoms with van der Waals surface area (Å²) < 4.78 is 0. The van der Waals surface area contributed by atoms with E-state index >= 15 is 0 Å². The average Bonchev–Trinajstić information content (AvgIpc) is 2.98. The summed E-state index contributed by atoms with van der Waals surface area (Å²) in [6, 6.07) is 6.41. The lowest BCUT2D eigenvalue weighted by Gasteiger charge is -2.25. The molecule has 3 N–H and O–H groups in total. The molecular formula is C18H22ClN7. The van der Waals surface area contributed by atoms with E-state index in [4.69, 9.17) is 11.6 Å². The van der Waals surface area contributed by atoms with Crippen molar-refractivity contribution >= 4 is 40.0 Å². The Bertz CT molecular complexity index is 894. The number of hydrogen-bond acceptors (Lipinski definition) is 6. The summed E-state index contributed by atoms with van der Waals surface area (Å²) >= 11 is 6.33. The third-order valence-electron chi connectivity index (χ3n) is 4.69. The maximum absolute atomic E-state index is 6.33. The monoisotopic (exact) mass is 371 g/mol. The Kier molecular flexibility index (Phi) is 4.90. The number of halogens is 1. The molecule has 1 aromatic carbocycles. The Morgan fingerprint density at radius 3 is 3.12 bits per heavy atom. The molecule has 1 fully saturated rings. The summed E-state index contributed by atoms with van der Waals surface area (Å²) in [6.07, 6.45) is 8.03. The number of nitrogens with one attached hydrogen (secondary N) is 3. The maximum Gasteiger partial charge on any atom is 0.242 e. The molecule has 1 unspecified atom stereocenters. The highest BCUT2D eigenvalue weighted by Gasteiger charge is 2.19. The molecule has 0 aliphatic carbocycles. The maximum atomic E-state index is 6.33. The molecule has 8 heteroatoms. The molecule has 0 spiro atoms. The lowest BCUT2D eigenvalue weighted by atomic mass is 10.1. The minimum atomic E-state index is 0.455. The van der Waals surface area contributed by atoms with Crippen LogP contribution in [0.4, 0.5) is 17.5 Å². The standard InChI is InChI=1S/C18H22ClN7/c1-2-13-5-3-4-8-26(25-13)18-20-11-15(19)17(23-18)22-14-6-7-16-12(9-14)10-21-24-16/h6-7,9-11,13,25H,2-5,8H2,1H3,(H,21,24)(H,20,22,23). The van der Waals surface area contributed by atoms with Crippen LogP contribution >= 0.6 is 11.6 Å². The van der Waals surface area contributed by atoms with Gasteiger partial charge in [-0.2, -0.15) is 10.1 Å². The van der Waals surface area contributed by atoms with E-state index in [1.54, 1.807) is 12.4 Å². The van der Waals surface area contributed by atoms with E-state index in [1.165, 1.54) is 12.8 Å². The van der Waals surface area contributed by atoms with E-state index in [1.807, 2.05) is 23.2 Å². The van der Waals surface area contributed by atoms with E-state index in [0.29, 0.717) is 22.8 Å². The van der Waals surface area contributed by atoms with Gasteiger partial charge in [-0.1, -0.05) is 24.9 Å². The van der Waals surface area contributed by atoms with E-state index in [2.05, 4.69) is 37.8 Å². The predicted molar refractivity (Wildman–Crippen MR) is 105 cm³/mol. The molecule has 0 amide bonds. The summed E-state index contributed by atoms with van der Waals surface area (Å²) in [5, 5.41) is 13.8. The van der Waals surface area contributed by atoms with Crippen molar-refractivity contribution in [3.05, 3.63) is 35.6 Å². The highest BCUT2D eigenvalue weighted by atomic mass is 35.5. The van der Waals surface area contributed by atoms with E-state index in [-0.39, 0.29) is 0 Å². The second-order valence-electron chi connectivity index (χ2n) is 6.55. The van der Waals surface area contributed by atoms with Crippen molar-refractivity contribution < 1.29 is 0 Å². The van der Waals surface area contributed by atoms with E-state index < -0.39 is 0 Å². The number of hydrogen-bond donors (Lipinski definition) is 3. The van der Waals surface area contributed by atoms with Crippen LogP contribution in [0.1, 0.15) is 32.6 Å². The second-order valence-corrected chi connectivity index (χ2v) is 6.95. The Morgan fingerprint density at radius 1 is 1.31 bits per heavy atom. The van der Waals surface area contributed by atoms with Crippen molar-refractivity contribution in [2.45, 2.75) is 38.6 Å². The number of rotatable bonds is 4. The van der Waals surface area contributed by atoms with Crippen molar-refractivity contribution in [3.63, 3.8) is 0 Å². The molecule has 1 atom stereocenters. The van der Waals surface area contributed by atoms with Crippen LogP contribution in [0.15, 0.2) is 30.6 Å². The fourth-order valence-electron chi connectivity index (χ4n) is 3.20. The summed E-state index contributed by atoms with van der Waals surface area (Å²) in [5.74, 6) is 1.24. The Labute approximate surface area is 157 Å². The van der Waals surface area contributed by atoms with Gasteiger partial charge in [0.1, 0.15) is 5.02 Å². The summed E-state index contributed by atoms with van der Waals surface area (Å²) in [7, 11) is 0. The number of nitrogens with zero attached hydrogens (tertiary/aromatic N) is 4. The zero-order chi connectivity index (χ0) is 17.9. The number of hydrazine groups is 1. The SMILES string of the molecule is CCC1CCCCN(c2ncc(Cl)c(Nc3ccc4[nH]ncc4c3)n2)N1. The van der Waals surface area contributed by atoms with Gasteiger partial charge in [0.2, 0.25) is 5.95 Å². The summed E-state index contributed by atoms with van der Waals surface area (Å²) in [6.45, 7) is 3.08. The van der Waals surface area contributed by atoms with Crippen molar-refractivity contribution in [2.24, 2.45) is 0 Å². The van der Waals surface area contributed by atoms with Crippen LogP contribution in [0.5, 0.6) is 0 Å². The Hall–Kier alpha value is -2.38. The van der Waals surface area contributed by atoms with Crippen molar-refractivity contribution in [1.82, 2.24) is 25.6 Å². The van der Waals surface area contributed by atoms with Crippen LogP contribution in [0.25, 0.3) is 10.9 Å². The smallest absolute Gasteiger partial charge is 0.242 e. The summed E-state index contributed by atoms with van der Waals surface area (Å²) in [5.41, 5.74) is 5.43. The Balaban J connectivity index is 1.59. The fraction of sp³-hybridized carbons (Fsp3) is 0.389. The first-order valence-corrected chi connectivity index (χ1v) is 9.37. The average molecular weight is 372 g/mol. The molecule has 2 aromatic heterocycles. The number of benzene rings is 1. The molecule has 3 aromatic rings. The number of fused-ring (bicyclic) bond motifs is 1. The van der Waals surface area contributed by atoms with Gasteiger partial charge >= 0.3 is 0 Å². The highest BCUT2D eigenvalue weighted by Crippen LogP contribution is 2.27. The molecule has 3 heterocycles. The van der Waals surface area contributed by atoms with Gasteiger partial charge in [-0.15, -0.1) is 0 Å². The zero-order valence-electron chi connectivity index (χ0n) is 14.7. The highest BCUT2D eigenvalue weighted by molar-refractivity contribution is 6.32. The van der Waals surface area contributed by atoms with Gasteiger partial charge in [-0.05, 0) is 37.5 Å². The first-order valence-electron chi connectivity index (χ1n) is 8.99. The molecule has 1 aliphatic heterocycles. The van der Waals surface area contributed by atoms with Crippen LogP contribution in [-0.4, -0.2) is 32.8 Å². The molecule has 1 saturated heterocycles. The predicted octanol–water partition coefficient (Wildman–Crippen LogP) is 4.02. The number of aromatic amines is 1. The van der Waals surface area contributed by atoms with Gasteiger partial charge in [0.15, 0.2) is 5.82 Å². The van der Waals surface area contributed by atoms with Crippen LogP contribution in [-0.2, 0) is 0 Å². The van der Waals surface area contributed by atoms with Crippen LogP contribution in [0, 0.1) is 0 Å². The summed E-state index contributed by atoms with van der Waals surface area (Å²) in [4.78, 5) is 9.08. The van der Waals surface area contributed by atoms with Crippen LogP contribution in [0.3, 0.4) is 0 Å². The first kappa shape index (κ1) is 17.1. The lowest BCUT2D eigenvalue weighted by molar-refractivity contribution is 0.474. The van der Waals surface area contributed by atoms with Gasteiger partial charge in [-0.3, -0.25) is 10.1 Å². The quantitative estimate of drug-likeness (QED) is 0.642. The normalized spacial score (nSPS) is 18.1. The lowest BCUT2D eigenvalue weighted by Crippen LogP contribution is -2.44. The second kappa shape index (κ2) is 7.47. The molecule has 136 valence electrons. The number of H-pyrrole nitrogens is 1. The van der Waals surface area contributed by atoms with Gasteiger partial charge in [0, 0.05) is 23.7 Å². The third-order valence-corrected chi connectivity index (χ3v) is 4.97. The molecule has 26 heavy (non-hydrogen) atoms. The minimum Gasteiger partial charge on any atom is -0.339 e. The number of anilines is 3. The van der Waals surface area contributed by atoms with Crippen molar-refractivity contribution in [2.75, 3.05) is 16.9 Å². The topological polar surface area (TPSA) is 81.8 Å². The fourth-order valence-corrected chi connectivity index (χ4v) is 3.33. The molecule has 4 rings (SSSR count). The van der Waals surface area contributed by atoms with Crippen LogP contribution < -0.4 is 15.8 Å². The van der Waals surface area contributed by atoms with Crippen molar-refractivity contribution in [1.29, 1.82) is 0 Å². The number of aromatic nitrogens is 4. The van der Waals surface area contributed by atoms with Gasteiger partial charge < -0.3 is 5.32 Å².